The predicted molar refractivity (Wildman–Crippen MR) is 72.3 cm³/mol. The van der Waals surface area contributed by atoms with Gasteiger partial charge in [0.05, 0.1) is 6.10 Å². The van der Waals surface area contributed by atoms with Crippen LogP contribution in [0.5, 0.6) is 0 Å². The van der Waals surface area contributed by atoms with Gasteiger partial charge in [-0.05, 0) is 44.9 Å². The van der Waals surface area contributed by atoms with E-state index in [-0.39, 0.29) is 24.1 Å². The van der Waals surface area contributed by atoms with Gasteiger partial charge in [-0.2, -0.15) is 0 Å². The second-order valence-electron chi connectivity index (χ2n) is 5.69. The highest BCUT2D eigenvalue weighted by Crippen LogP contribution is 2.37. The number of Topliss-reactive ketones (excluding diaryl/α,β-unsaturated/α-hetero) is 1. The van der Waals surface area contributed by atoms with E-state index in [1.807, 2.05) is 0 Å². The molecule has 1 unspecified atom stereocenters. The van der Waals surface area contributed by atoms with Crippen molar-refractivity contribution in [2.45, 2.75) is 57.3 Å². The van der Waals surface area contributed by atoms with Crippen LogP contribution in [0.2, 0.25) is 0 Å². The predicted octanol–water partition coefficient (Wildman–Crippen LogP) is 1.84. The average molecular weight is 306 g/mol. The van der Waals surface area contributed by atoms with Gasteiger partial charge in [-0.3, -0.25) is 9.36 Å². The quantitative estimate of drug-likeness (QED) is 0.753. The molecule has 1 saturated carbocycles. The van der Waals surface area contributed by atoms with Gasteiger partial charge in [-0.1, -0.05) is 0 Å². The minimum Gasteiger partial charge on any atom is -0.353 e. The van der Waals surface area contributed by atoms with Gasteiger partial charge in [-0.25, -0.2) is 0 Å². The first kappa shape index (κ1) is 16.1. The molecule has 0 aromatic carbocycles. The van der Waals surface area contributed by atoms with Crippen LogP contribution in [0.15, 0.2) is 0 Å². The van der Waals surface area contributed by atoms with Crippen LogP contribution in [0.3, 0.4) is 0 Å². The topological polar surface area (TPSA) is 93.1 Å². The van der Waals surface area contributed by atoms with Crippen molar-refractivity contribution in [3.8, 4) is 0 Å². The zero-order chi connectivity index (χ0) is 14.6. The molecule has 1 aliphatic carbocycles. The molecule has 7 heteroatoms. The lowest BCUT2D eigenvalue weighted by molar-refractivity contribution is -0.194. The normalized spacial score (nSPS) is 32.0. The van der Waals surface area contributed by atoms with Gasteiger partial charge in [-0.15, -0.1) is 0 Å². The number of rotatable bonds is 5. The molecule has 1 saturated heterocycles. The van der Waals surface area contributed by atoms with Crippen LogP contribution in [-0.4, -0.2) is 40.7 Å². The molecule has 6 nitrogen and oxygen atoms in total. The highest BCUT2D eigenvalue weighted by molar-refractivity contribution is 7.52. The first-order valence-corrected chi connectivity index (χ1v) is 9.08. The van der Waals surface area contributed by atoms with Gasteiger partial charge in [0, 0.05) is 12.5 Å². The Morgan fingerprint density at radius 3 is 2.40 bits per heavy atom. The van der Waals surface area contributed by atoms with Crippen LogP contribution in [0.25, 0.3) is 0 Å². The Kier molecular flexibility index (Phi) is 5.75. The fraction of sp³-hybridized carbons (Fsp3) is 0.923. The summed E-state index contributed by atoms with van der Waals surface area (Å²) in [6.45, 7) is 0.751. The second kappa shape index (κ2) is 7.14. The maximum atomic E-state index is 11.8. The molecule has 20 heavy (non-hydrogen) atoms. The van der Waals surface area contributed by atoms with Crippen LogP contribution in [-0.2, 0) is 18.8 Å². The molecule has 2 aliphatic rings. The number of hydrogen-bond donors (Lipinski definition) is 2. The Hall–Kier alpha value is -0.260. The number of carbonyl (C=O) groups excluding carboxylic acids is 1. The zero-order valence-corrected chi connectivity index (χ0v) is 12.5. The summed E-state index contributed by atoms with van der Waals surface area (Å²) in [5.41, 5.74) is 0. The average Bonchev–Trinajstić information content (AvgIpc) is 2.39. The molecule has 116 valence electrons. The molecule has 2 N–H and O–H groups in total. The number of carbonyl (C=O) groups is 1. The first-order valence-electron chi connectivity index (χ1n) is 7.28. The van der Waals surface area contributed by atoms with Crippen molar-refractivity contribution in [3.63, 3.8) is 0 Å². The molecule has 0 radical (unpaired) electrons. The molecule has 1 atom stereocenters. The second-order valence-corrected chi connectivity index (χ2v) is 7.34. The van der Waals surface area contributed by atoms with Crippen LogP contribution in [0, 0.1) is 5.92 Å². The Balaban J connectivity index is 1.71. The van der Waals surface area contributed by atoms with E-state index in [1.54, 1.807) is 0 Å². The minimum absolute atomic E-state index is 0.109. The third kappa shape index (κ3) is 5.26. The van der Waals surface area contributed by atoms with E-state index in [0.717, 1.165) is 38.7 Å². The summed E-state index contributed by atoms with van der Waals surface area (Å²) in [6, 6.07) is 0. The van der Waals surface area contributed by atoms with Gasteiger partial charge < -0.3 is 19.3 Å². The van der Waals surface area contributed by atoms with Crippen molar-refractivity contribution in [2.24, 2.45) is 5.92 Å². The summed E-state index contributed by atoms with van der Waals surface area (Å²) in [4.78, 5) is 29.4. The van der Waals surface area contributed by atoms with Gasteiger partial charge >= 0.3 is 7.60 Å². The minimum atomic E-state index is -4.23. The van der Waals surface area contributed by atoms with E-state index < -0.39 is 13.8 Å². The third-order valence-corrected chi connectivity index (χ3v) is 4.70. The summed E-state index contributed by atoms with van der Waals surface area (Å²) < 4.78 is 22.2. The lowest BCUT2D eigenvalue weighted by atomic mass is 9.85. The molecule has 1 heterocycles. The monoisotopic (exact) mass is 306 g/mol. The summed E-state index contributed by atoms with van der Waals surface area (Å²) >= 11 is 0. The molecule has 2 rings (SSSR count). The highest BCUT2D eigenvalue weighted by Gasteiger charge is 2.31. The summed E-state index contributed by atoms with van der Waals surface area (Å²) in [7, 11) is -4.23. The Labute approximate surface area is 119 Å². The largest absolute Gasteiger partial charge is 0.353 e. The highest BCUT2D eigenvalue weighted by atomic mass is 31.2. The zero-order valence-electron chi connectivity index (χ0n) is 11.6. The number of ether oxygens (including phenoxy) is 2. The van der Waals surface area contributed by atoms with E-state index in [0.29, 0.717) is 12.8 Å². The van der Waals surface area contributed by atoms with Gasteiger partial charge in [0.25, 0.3) is 0 Å². The van der Waals surface area contributed by atoms with Gasteiger partial charge in [0.2, 0.25) is 0 Å². The molecule has 0 aromatic rings. The van der Waals surface area contributed by atoms with Crippen LogP contribution in [0.1, 0.15) is 44.9 Å². The molecule has 1 aliphatic heterocycles. The number of hydrogen-bond acceptors (Lipinski definition) is 4. The molecular formula is C13H23O6P. The fourth-order valence-electron chi connectivity index (χ4n) is 2.89. The summed E-state index contributed by atoms with van der Waals surface area (Å²) in [5.74, 6) is -0.541. The Bertz CT molecular complexity index is 365. The van der Waals surface area contributed by atoms with Crippen molar-refractivity contribution in [1.29, 1.82) is 0 Å². The molecule has 0 aromatic heterocycles. The lowest BCUT2D eigenvalue weighted by Gasteiger charge is -2.32. The lowest BCUT2D eigenvalue weighted by Crippen LogP contribution is -2.32. The molecule has 0 amide bonds. The third-order valence-electron chi connectivity index (χ3n) is 3.97. The SMILES string of the molecule is O=C(CP(=O)(O)O)C1CCC(OC2CCCCO2)CC1. The first-order chi connectivity index (χ1) is 9.44. The fourth-order valence-corrected chi connectivity index (χ4v) is 3.55. The maximum Gasteiger partial charge on any atom is 0.332 e. The Morgan fingerprint density at radius 1 is 1.15 bits per heavy atom. The Morgan fingerprint density at radius 2 is 1.85 bits per heavy atom. The summed E-state index contributed by atoms with van der Waals surface area (Å²) in [5, 5.41) is 0. The molecule has 0 spiro atoms. The van der Waals surface area contributed by atoms with E-state index in [9.17, 15) is 9.36 Å². The van der Waals surface area contributed by atoms with Crippen LogP contribution in [0.4, 0.5) is 0 Å². The molecular weight excluding hydrogens is 283 g/mol. The number of ketones is 1. The van der Waals surface area contributed by atoms with Crippen molar-refractivity contribution in [3.05, 3.63) is 0 Å². The van der Waals surface area contributed by atoms with E-state index in [4.69, 9.17) is 19.3 Å². The van der Waals surface area contributed by atoms with Gasteiger partial charge in [0.15, 0.2) is 6.29 Å². The van der Waals surface area contributed by atoms with Crippen molar-refractivity contribution in [2.75, 3.05) is 12.8 Å². The van der Waals surface area contributed by atoms with Crippen LogP contribution < -0.4 is 0 Å². The van der Waals surface area contributed by atoms with E-state index in [2.05, 4.69) is 0 Å². The smallest absolute Gasteiger partial charge is 0.332 e. The standard InChI is InChI=1S/C13H23O6P/c14-12(9-20(15,16)17)10-4-6-11(7-5-10)19-13-3-1-2-8-18-13/h10-11,13H,1-9H2,(H2,15,16,17). The van der Waals surface area contributed by atoms with Crippen molar-refractivity contribution in [1.82, 2.24) is 0 Å². The van der Waals surface area contributed by atoms with E-state index in [1.165, 1.54) is 0 Å². The molecule has 0 bridgehead atoms. The van der Waals surface area contributed by atoms with Crippen molar-refractivity contribution >= 4 is 13.4 Å². The summed E-state index contributed by atoms with van der Waals surface area (Å²) in [6.07, 6.45) is 5.32. The van der Waals surface area contributed by atoms with Crippen molar-refractivity contribution < 1.29 is 28.6 Å². The molecule has 2 fully saturated rings. The van der Waals surface area contributed by atoms with Crippen LogP contribution >= 0.6 is 7.60 Å². The maximum absolute atomic E-state index is 11.8. The van der Waals surface area contributed by atoms with Gasteiger partial charge in [0.1, 0.15) is 11.9 Å². The van der Waals surface area contributed by atoms with E-state index >= 15 is 0 Å².